The molecule has 0 unspecified atom stereocenters. The highest BCUT2D eigenvalue weighted by Gasteiger charge is 2.30. The van der Waals surface area contributed by atoms with Crippen LogP contribution in [-0.2, 0) is 11.3 Å². The van der Waals surface area contributed by atoms with Gasteiger partial charge >= 0.3 is 0 Å². The number of carbonyl (C=O) groups excluding carboxylic acids is 1. The van der Waals surface area contributed by atoms with Crippen molar-refractivity contribution in [3.05, 3.63) is 65.2 Å². The first kappa shape index (κ1) is 22.9. The van der Waals surface area contributed by atoms with E-state index in [2.05, 4.69) is 21.6 Å². The summed E-state index contributed by atoms with van der Waals surface area (Å²) in [5.74, 6) is 0.525. The lowest BCUT2D eigenvalue weighted by atomic mass is 9.90. The molecule has 8 heteroatoms. The van der Waals surface area contributed by atoms with Crippen molar-refractivity contribution in [2.24, 2.45) is 5.92 Å². The Morgan fingerprint density at radius 3 is 2.52 bits per heavy atom. The molecule has 0 saturated heterocycles. The second kappa shape index (κ2) is 9.99. The summed E-state index contributed by atoms with van der Waals surface area (Å²) in [4.78, 5) is 12.5. The first-order valence-electron chi connectivity index (χ1n) is 9.91. The zero-order valence-electron chi connectivity index (χ0n) is 17.7. The van der Waals surface area contributed by atoms with Gasteiger partial charge in [0.2, 0.25) is 5.91 Å². The Morgan fingerprint density at radius 2 is 1.87 bits per heavy atom. The molecule has 31 heavy (non-hydrogen) atoms. The minimum Gasteiger partial charge on any atom is -0.337 e. The van der Waals surface area contributed by atoms with E-state index in [9.17, 15) is 10.1 Å². The molecule has 0 bridgehead atoms. The maximum absolute atomic E-state index is 12.5. The van der Waals surface area contributed by atoms with Crippen molar-refractivity contribution in [2.45, 2.75) is 38.0 Å². The minimum absolute atomic E-state index is 0.0139. The van der Waals surface area contributed by atoms with Crippen molar-refractivity contribution in [3.8, 4) is 17.5 Å². The smallest absolute Gasteiger partial charge is 0.231 e. The van der Waals surface area contributed by atoms with Gasteiger partial charge in [0, 0.05) is 5.56 Å². The zero-order chi connectivity index (χ0) is 22.4. The van der Waals surface area contributed by atoms with Gasteiger partial charge in [0.1, 0.15) is 5.54 Å². The maximum atomic E-state index is 12.5. The summed E-state index contributed by atoms with van der Waals surface area (Å²) < 4.78 is 1.96. The van der Waals surface area contributed by atoms with Gasteiger partial charge in [-0.3, -0.25) is 9.36 Å². The van der Waals surface area contributed by atoms with Gasteiger partial charge in [0.25, 0.3) is 0 Å². The van der Waals surface area contributed by atoms with Crippen LogP contribution in [0.2, 0.25) is 5.02 Å². The number of aromatic nitrogens is 3. The molecule has 1 atom stereocenters. The molecule has 0 saturated carbocycles. The molecule has 0 aliphatic heterocycles. The summed E-state index contributed by atoms with van der Waals surface area (Å²) >= 11 is 7.69. The van der Waals surface area contributed by atoms with Crippen molar-refractivity contribution in [2.75, 3.05) is 5.75 Å². The van der Waals surface area contributed by atoms with Gasteiger partial charge in [0.15, 0.2) is 11.0 Å². The molecule has 0 fully saturated rings. The van der Waals surface area contributed by atoms with E-state index in [1.807, 2.05) is 73.0 Å². The van der Waals surface area contributed by atoms with Crippen LogP contribution in [0.5, 0.6) is 0 Å². The fraction of sp³-hybridized carbons (Fsp3) is 0.304. The molecule has 160 valence electrons. The van der Waals surface area contributed by atoms with E-state index in [0.717, 1.165) is 11.1 Å². The Bertz CT molecular complexity index is 1090. The summed E-state index contributed by atoms with van der Waals surface area (Å²) in [6.45, 7) is 6.08. The molecule has 1 amide bonds. The van der Waals surface area contributed by atoms with Gasteiger partial charge in [0.05, 0.1) is 23.4 Å². The molecule has 0 radical (unpaired) electrons. The highest BCUT2D eigenvalue weighted by molar-refractivity contribution is 7.99. The largest absolute Gasteiger partial charge is 0.337 e. The number of benzene rings is 2. The number of nitriles is 1. The van der Waals surface area contributed by atoms with Crippen molar-refractivity contribution in [3.63, 3.8) is 0 Å². The molecule has 1 heterocycles. The SMILES string of the molecule is CC(C)[C@@](C)(C#N)NC(=O)CSc1nnc(-c2ccccc2Cl)n1Cc1ccccc1. The van der Waals surface area contributed by atoms with Gasteiger partial charge in [-0.05, 0) is 30.5 Å². The van der Waals surface area contributed by atoms with Crippen molar-refractivity contribution < 1.29 is 4.79 Å². The third kappa shape index (κ3) is 5.46. The number of hydrogen-bond donors (Lipinski definition) is 1. The Morgan fingerprint density at radius 1 is 1.19 bits per heavy atom. The van der Waals surface area contributed by atoms with E-state index >= 15 is 0 Å². The third-order valence-electron chi connectivity index (χ3n) is 5.13. The van der Waals surface area contributed by atoms with Crippen LogP contribution in [0.3, 0.4) is 0 Å². The van der Waals surface area contributed by atoms with Crippen LogP contribution in [-0.4, -0.2) is 32.0 Å². The fourth-order valence-electron chi connectivity index (χ4n) is 2.90. The number of halogens is 1. The van der Waals surface area contributed by atoms with Crippen LogP contribution in [0.25, 0.3) is 11.4 Å². The monoisotopic (exact) mass is 453 g/mol. The van der Waals surface area contributed by atoms with Crippen molar-refractivity contribution >= 4 is 29.3 Å². The fourth-order valence-corrected chi connectivity index (χ4v) is 3.86. The molecule has 2 aromatic carbocycles. The summed E-state index contributed by atoms with van der Waals surface area (Å²) in [6, 6.07) is 19.6. The molecule has 3 aromatic rings. The summed E-state index contributed by atoms with van der Waals surface area (Å²) in [6.07, 6.45) is 0. The Hall–Kier alpha value is -2.82. The van der Waals surface area contributed by atoms with Gasteiger partial charge in [-0.25, -0.2) is 0 Å². The molecular weight excluding hydrogens is 430 g/mol. The zero-order valence-corrected chi connectivity index (χ0v) is 19.2. The second-order valence-electron chi connectivity index (χ2n) is 7.66. The summed E-state index contributed by atoms with van der Waals surface area (Å²) in [7, 11) is 0. The first-order chi connectivity index (χ1) is 14.8. The van der Waals surface area contributed by atoms with E-state index in [4.69, 9.17) is 11.6 Å². The molecule has 0 aliphatic carbocycles. The molecule has 6 nitrogen and oxygen atoms in total. The highest BCUT2D eigenvalue weighted by Crippen LogP contribution is 2.30. The topological polar surface area (TPSA) is 83.6 Å². The number of rotatable bonds is 8. The van der Waals surface area contributed by atoms with E-state index in [1.54, 1.807) is 6.92 Å². The lowest BCUT2D eigenvalue weighted by Crippen LogP contribution is -2.49. The van der Waals surface area contributed by atoms with E-state index < -0.39 is 5.54 Å². The number of carbonyl (C=O) groups is 1. The predicted octanol–water partition coefficient (Wildman–Crippen LogP) is 4.79. The first-order valence-corrected chi connectivity index (χ1v) is 11.3. The Kier molecular flexibility index (Phi) is 7.37. The highest BCUT2D eigenvalue weighted by atomic mass is 35.5. The van der Waals surface area contributed by atoms with E-state index in [-0.39, 0.29) is 17.6 Å². The molecule has 0 aliphatic rings. The van der Waals surface area contributed by atoms with Crippen LogP contribution in [0.4, 0.5) is 0 Å². The minimum atomic E-state index is -0.919. The standard InChI is InChI=1S/C23H24ClN5OS/c1-16(2)23(3,15-25)26-20(30)14-31-22-28-27-21(18-11-7-8-12-19(18)24)29(22)13-17-9-5-4-6-10-17/h4-12,16H,13-14H2,1-3H3,(H,26,30)/t23-/m1/s1. The number of amides is 1. The molecule has 1 aromatic heterocycles. The van der Waals surface area contributed by atoms with Crippen LogP contribution >= 0.6 is 23.4 Å². The normalized spacial score (nSPS) is 12.9. The van der Waals surface area contributed by atoms with E-state index in [0.29, 0.717) is 22.5 Å². The summed E-state index contributed by atoms with van der Waals surface area (Å²) in [5.41, 5.74) is 0.942. The van der Waals surface area contributed by atoms with Crippen molar-refractivity contribution in [1.82, 2.24) is 20.1 Å². The van der Waals surface area contributed by atoms with E-state index in [1.165, 1.54) is 11.8 Å². The van der Waals surface area contributed by atoms with Crippen LogP contribution in [0.1, 0.15) is 26.3 Å². The lowest BCUT2D eigenvalue weighted by molar-refractivity contribution is -0.120. The predicted molar refractivity (Wildman–Crippen MR) is 124 cm³/mol. The molecule has 1 N–H and O–H groups in total. The number of thioether (sulfide) groups is 1. The van der Waals surface area contributed by atoms with Gasteiger partial charge in [-0.15, -0.1) is 10.2 Å². The maximum Gasteiger partial charge on any atom is 0.231 e. The average Bonchev–Trinajstić information content (AvgIpc) is 3.15. The second-order valence-corrected chi connectivity index (χ2v) is 9.01. The third-order valence-corrected chi connectivity index (χ3v) is 6.43. The van der Waals surface area contributed by atoms with Crippen LogP contribution in [0.15, 0.2) is 59.8 Å². The number of nitrogens with one attached hydrogen (secondary N) is 1. The van der Waals surface area contributed by atoms with Gasteiger partial charge in [-0.2, -0.15) is 5.26 Å². The van der Waals surface area contributed by atoms with Gasteiger partial charge < -0.3 is 5.32 Å². The quantitative estimate of drug-likeness (QED) is 0.495. The van der Waals surface area contributed by atoms with Crippen molar-refractivity contribution in [1.29, 1.82) is 5.26 Å². The van der Waals surface area contributed by atoms with Crippen LogP contribution < -0.4 is 5.32 Å². The lowest BCUT2D eigenvalue weighted by Gasteiger charge is -2.27. The molecular formula is C23H24ClN5OS. The number of nitrogens with zero attached hydrogens (tertiary/aromatic N) is 4. The number of hydrogen-bond acceptors (Lipinski definition) is 5. The molecule has 0 spiro atoms. The van der Waals surface area contributed by atoms with Gasteiger partial charge in [-0.1, -0.05) is 79.7 Å². The summed E-state index contributed by atoms with van der Waals surface area (Å²) in [5, 5.41) is 22.2. The molecule has 3 rings (SSSR count). The Balaban J connectivity index is 1.86. The Labute approximate surface area is 191 Å². The average molecular weight is 454 g/mol. The van der Waals surface area contributed by atoms with Crippen LogP contribution in [0, 0.1) is 17.2 Å².